The lowest BCUT2D eigenvalue weighted by Crippen LogP contribution is -2.36. The number of hydrogen-bond acceptors (Lipinski definition) is 2. The first-order valence-electron chi connectivity index (χ1n) is 6.41. The molecule has 0 saturated carbocycles. The monoisotopic (exact) mass is 258 g/mol. The highest BCUT2D eigenvalue weighted by atomic mass is 19.2. The van der Waals surface area contributed by atoms with Crippen LogP contribution in [-0.4, -0.2) is 17.6 Å². The number of pyridine rings is 1. The van der Waals surface area contributed by atoms with Crippen LogP contribution in [0.4, 0.5) is 19.0 Å². The molecule has 5 heteroatoms. The van der Waals surface area contributed by atoms with Crippen molar-refractivity contribution in [1.29, 1.82) is 0 Å². The largest absolute Gasteiger partial charge is 0.351 e. The van der Waals surface area contributed by atoms with Gasteiger partial charge in [-0.3, -0.25) is 0 Å². The Labute approximate surface area is 105 Å². The van der Waals surface area contributed by atoms with E-state index < -0.39 is 17.6 Å². The second-order valence-corrected chi connectivity index (χ2v) is 4.67. The number of rotatable bonds is 2. The molecule has 1 aliphatic rings. The van der Waals surface area contributed by atoms with Crippen LogP contribution in [0.2, 0.25) is 0 Å². The van der Waals surface area contributed by atoms with E-state index >= 15 is 0 Å². The van der Waals surface area contributed by atoms with Gasteiger partial charge in [-0.15, -0.1) is 0 Å². The molecule has 0 bridgehead atoms. The Morgan fingerprint density at radius 3 is 2.72 bits per heavy atom. The van der Waals surface area contributed by atoms with Crippen LogP contribution in [0.25, 0.3) is 0 Å². The van der Waals surface area contributed by atoms with E-state index in [1.807, 2.05) is 6.92 Å². The normalized spacial score (nSPS) is 20.9. The van der Waals surface area contributed by atoms with Crippen molar-refractivity contribution in [1.82, 2.24) is 4.98 Å². The molecule has 2 heterocycles. The van der Waals surface area contributed by atoms with Crippen molar-refractivity contribution in [3.05, 3.63) is 23.6 Å². The summed E-state index contributed by atoms with van der Waals surface area (Å²) in [6.45, 7) is 2.66. The fourth-order valence-corrected chi connectivity index (χ4v) is 2.52. The third-order valence-electron chi connectivity index (χ3n) is 3.49. The van der Waals surface area contributed by atoms with Crippen molar-refractivity contribution >= 4 is 5.82 Å². The van der Waals surface area contributed by atoms with Crippen molar-refractivity contribution in [3.63, 3.8) is 0 Å². The predicted octanol–water partition coefficient (Wildman–Crippen LogP) is 3.66. The van der Waals surface area contributed by atoms with Crippen LogP contribution in [-0.2, 0) is 0 Å². The van der Waals surface area contributed by atoms with Crippen molar-refractivity contribution in [3.8, 4) is 0 Å². The summed E-state index contributed by atoms with van der Waals surface area (Å²) in [4.78, 5) is 5.23. The molecule has 1 saturated heterocycles. The molecule has 0 aromatic carbocycles. The van der Waals surface area contributed by atoms with Gasteiger partial charge in [0.2, 0.25) is 0 Å². The zero-order valence-electron chi connectivity index (χ0n) is 10.4. The molecule has 1 atom stereocenters. The van der Waals surface area contributed by atoms with Crippen molar-refractivity contribution < 1.29 is 13.2 Å². The number of aromatic nitrogens is 1. The lowest BCUT2D eigenvalue weighted by Gasteiger charge is -2.30. The minimum atomic E-state index is -1.24. The quantitative estimate of drug-likeness (QED) is 0.753. The van der Waals surface area contributed by atoms with Crippen LogP contribution >= 0.6 is 0 Å². The first-order chi connectivity index (χ1) is 8.63. The van der Waals surface area contributed by atoms with Gasteiger partial charge in [-0.05, 0) is 19.3 Å². The summed E-state index contributed by atoms with van der Waals surface area (Å²) in [6, 6.07) is 0.731. The summed E-state index contributed by atoms with van der Waals surface area (Å²) < 4.78 is 39.8. The molecule has 0 spiro atoms. The SMILES string of the molecule is CCC1CCCCCN1c1nc(F)c(F)cc1F. The molecule has 1 aromatic rings. The summed E-state index contributed by atoms with van der Waals surface area (Å²) in [7, 11) is 0. The fraction of sp³-hybridized carbons (Fsp3) is 0.615. The highest BCUT2D eigenvalue weighted by Gasteiger charge is 2.24. The van der Waals surface area contributed by atoms with Gasteiger partial charge < -0.3 is 4.90 Å². The van der Waals surface area contributed by atoms with Crippen molar-refractivity contribution in [2.45, 2.75) is 45.1 Å². The number of halogens is 3. The number of nitrogens with zero attached hydrogens (tertiary/aromatic N) is 2. The highest BCUT2D eigenvalue weighted by molar-refractivity contribution is 5.41. The maximum atomic E-state index is 13.7. The van der Waals surface area contributed by atoms with Gasteiger partial charge in [0.15, 0.2) is 17.5 Å². The van der Waals surface area contributed by atoms with E-state index in [2.05, 4.69) is 4.98 Å². The number of hydrogen-bond donors (Lipinski definition) is 0. The van der Waals surface area contributed by atoms with E-state index in [9.17, 15) is 13.2 Å². The summed E-state index contributed by atoms with van der Waals surface area (Å²) in [5, 5.41) is 0. The van der Waals surface area contributed by atoms with Gasteiger partial charge in [-0.25, -0.2) is 8.78 Å². The van der Waals surface area contributed by atoms with Crippen molar-refractivity contribution in [2.24, 2.45) is 0 Å². The van der Waals surface area contributed by atoms with Gasteiger partial charge in [0, 0.05) is 18.7 Å². The molecule has 1 aliphatic heterocycles. The lowest BCUT2D eigenvalue weighted by molar-refractivity contribution is 0.456. The van der Waals surface area contributed by atoms with Crippen LogP contribution in [0.15, 0.2) is 6.07 Å². The number of anilines is 1. The van der Waals surface area contributed by atoms with Gasteiger partial charge >= 0.3 is 0 Å². The smallest absolute Gasteiger partial charge is 0.251 e. The zero-order chi connectivity index (χ0) is 13.1. The minimum Gasteiger partial charge on any atom is -0.351 e. The van der Waals surface area contributed by atoms with E-state index in [-0.39, 0.29) is 11.9 Å². The third-order valence-corrected chi connectivity index (χ3v) is 3.49. The van der Waals surface area contributed by atoms with E-state index in [0.29, 0.717) is 12.6 Å². The second-order valence-electron chi connectivity index (χ2n) is 4.67. The molecular formula is C13H17F3N2. The lowest BCUT2D eigenvalue weighted by atomic mass is 10.1. The van der Waals surface area contributed by atoms with E-state index in [4.69, 9.17) is 0 Å². The minimum absolute atomic E-state index is 0.0531. The molecule has 0 radical (unpaired) electrons. The maximum Gasteiger partial charge on any atom is 0.251 e. The Kier molecular flexibility index (Phi) is 4.09. The molecule has 1 aromatic heterocycles. The Hall–Kier alpha value is -1.26. The van der Waals surface area contributed by atoms with Gasteiger partial charge in [0.05, 0.1) is 0 Å². The summed E-state index contributed by atoms with van der Waals surface area (Å²) >= 11 is 0. The fourth-order valence-electron chi connectivity index (χ4n) is 2.52. The Bertz CT molecular complexity index is 423. The van der Waals surface area contributed by atoms with E-state index in [1.165, 1.54) is 0 Å². The summed E-state index contributed by atoms with van der Waals surface area (Å²) in [5.74, 6) is -3.30. The first kappa shape index (κ1) is 13.2. The van der Waals surface area contributed by atoms with Crippen LogP contribution < -0.4 is 4.90 Å². The van der Waals surface area contributed by atoms with Crippen LogP contribution in [0.3, 0.4) is 0 Å². The molecule has 2 rings (SSSR count). The van der Waals surface area contributed by atoms with Crippen LogP contribution in [0.5, 0.6) is 0 Å². The standard InChI is InChI=1S/C13H17F3N2/c1-2-9-6-4-3-5-7-18(9)13-11(15)8-10(14)12(16)17-13/h8-9H,2-7H2,1H3. The molecule has 18 heavy (non-hydrogen) atoms. The first-order valence-corrected chi connectivity index (χ1v) is 6.41. The van der Waals surface area contributed by atoms with Gasteiger partial charge in [-0.2, -0.15) is 9.37 Å². The second kappa shape index (κ2) is 5.59. The molecular weight excluding hydrogens is 241 g/mol. The van der Waals surface area contributed by atoms with E-state index in [0.717, 1.165) is 32.1 Å². The molecule has 0 amide bonds. The molecule has 1 fully saturated rings. The van der Waals surface area contributed by atoms with Gasteiger partial charge in [-0.1, -0.05) is 19.8 Å². The van der Waals surface area contributed by atoms with Crippen molar-refractivity contribution in [2.75, 3.05) is 11.4 Å². The van der Waals surface area contributed by atoms with Gasteiger partial charge in [0.25, 0.3) is 5.95 Å². The van der Waals surface area contributed by atoms with Gasteiger partial charge in [0.1, 0.15) is 0 Å². The predicted molar refractivity (Wildman–Crippen MR) is 64.0 cm³/mol. The summed E-state index contributed by atoms with van der Waals surface area (Å²) in [5.41, 5.74) is 0. The Morgan fingerprint density at radius 1 is 1.22 bits per heavy atom. The molecule has 1 unspecified atom stereocenters. The average molecular weight is 258 g/mol. The summed E-state index contributed by atoms with van der Waals surface area (Å²) in [6.07, 6.45) is 4.88. The third kappa shape index (κ3) is 2.60. The Morgan fingerprint density at radius 2 is 2.00 bits per heavy atom. The highest BCUT2D eigenvalue weighted by Crippen LogP contribution is 2.27. The Balaban J connectivity index is 2.35. The van der Waals surface area contributed by atoms with E-state index in [1.54, 1.807) is 4.90 Å². The molecule has 2 nitrogen and oxygen atoms in total. The topological polar surface area (TPSA) is 16.1 Å². The maximum absolute atomic E-state index is 13.7. The average Bonchev–Trinajstić information content (AvgIpc) is 2.58. The molecule has 100 valence electrons. The molecule has 0 aliphatic carbocycles. The van der Waals surface area contributed by atoms with Crippen LogP contribution in [0, 0.1) is 17.6 Å². The zero-order valence-corrected chi connectivity index (χ0v) is 10.4. The molecule has 0 N–H and O–H groups in total. The van der Waals surface area contributed by atoms with Crippen LogP contribution in [0.1, 0.15) is 39.0 Å².